The molecule has 4 unspecified atom stereocenters. The Morgan fingerprint density at radius 3 is 2.81 bits per heavy atom. The number of benzene rings is 1. The van der Waals surface area contributed by atoms with Crippen LogP contribution in [0.4, 0.5) is 0 Å². The summed E-state index contributed by atoms with van der Waals surface area (Å²) >= 11 is 6.45. The third-order valence-corrected chi connectivity index (χ3v) is 6.91. The zero-order valence-electron chi connectivity index (χ0n) is 15.0. The number of aliphatic carboxylic acids is 1. The lowest BCUT2D eigenvalue weighted by Gasteiger charge is -2.34. The Morgan fingerprint density at radius 2 is 2.12 bits per heavy atom. The topological polar surface area (TPSA) is 66.8 Å². The van der Waals surface area contributed by atoms with Crippen LogP contribution in [0.15, 0.2) is 23.8 Å². The molecule has 3 aliphatic carbocycles. The predicted molar refractivity (Wildman–Crippen MR) is 101 cm³/mol. The molecular formula is C21H23ClO4. The number of carboxylic acids is 1. The fraction of sp³-hybridized carbons (Fsp3) is 0.476. The first-order valence-corrected chi connectivity index (χ1v) is 9.45. The maximum Gasteiger partial charge on any atom is 0.328 e. The number of hydrogen-bond donors (Lipinski definition) is 2. The Kier molecular flexibility index (Phi) is 4.07. The van der Waals surface area contributed by atoms with E-state index < -0.39 is 5.97 Å². The van der Waals surface area contributed by atoms with Crippen LogP contribution in [0.1, 0.15) is 43.7 Å². The van der Waals surface area contributed by atoms with Crippen molar-refractivity contribution < 1.29 is 19.7 Å². The van der Waals surface area contributed by atoms with Crippen molar-refractivity contribution in [3.05, 3.63) is 39.9 Å². The van der Waals surface area contributed by atoms with E-state index in [1.54, 1.807) is 13.2 Å². The molecule has 0 radical (unpaired) electrons. The first kappa shape index (κ1) is 17.5. The molecule has 0 amide bonds. The molecule has 1 aromatic rings. The lowest BCUT2D eigenvalue weighted by molar-refractivity contribution is -0.131. The highest BCUT2D eigenvalue weighted by Gasteiger charge is 2.63. The van der Waals surface area contributed by atoms with Gasteiger partial charge in [-0.05, 0) is 66.6 Å². The van der Waals surface area contributed by atoms with Gasteiger partial charge in [0.15, 0.2) is 0 Å². The molecule has 138 valence electrons. The van der Waals surface area contributed by atoms with Gasteiger partial charge in [0.1, 0.15) is 11.5 Å². The number of allylic oxidation sites excluding steroid dienone is 1. The SMILES string of the molecule is CO/C(=C1/C(C)CC23CC1CC2C3)c1ccc(/C=C/C(=O)O)c(O)c1Cl. The maximum absolute atomic E-state index is 10.7. The molecule has 3 saturated carbocycles. The number of phenols is 1. The highest BCUT2D eigenvalue weighted by molar-refractivity contribution is 6.34. The number of rotatable bonds is 4. The summed E-state index contributed by atoms with van der Waals surface area (Å²) in [6.07, 6.45) is 7.39. The van der Waals surface area contributed by atoms with Crippen LogP contribution in [0.25, 0.3) is 11.8 Å². The maximum atomic E-state index is 10.7. The average Bonchev–Trinajstić information content (AvgIpc) is 3.14. The quantitative estimate of drug-likeness (QED) is 0.577. The number of carbonyl (C=O) groups is 1. The van der Waals surface area contributed by atoms with Gasteiger partial charge >= 0.3 is 5.97 Å². The highest BCUT2D eigenvalue weighted by Crippen LogP contribution is 2.73. The van der Waals surface area contributed by atoms with Crippen LogP contribution in [-0.2, 0) is 9.53 Å². The van der Waals surface area contributed by atoms with Crippen molar-refractivity contribution in [3.8, 4) is 5.75 Å². The molecule has 4 atom stereocenters. The van der Waals surface area contributed by atoms with Gasteiger partial charge in [-0.1, -0.05) is 24.6 Å². The molecule has 26 heavy (non-hydrogen) atoms. The van der Waals surface area contributed by atoms with Crippen LogP contribution >= 0.6 is 11.6 Å². The molecule has 5 heteroatoms. The molecule has 3 fully saturated rings. The number of hydrogen-bond acceptors (Lipinski definition) is 3. The van der Waals surface area contributed by atoms with Crippen molar-refractivity contribution in [1.82, 2.24) is 0 Å². The average molecular weight is 375 g/mol. The second-order valence-corrected chi connectivity index (χ2v) is 8.41. The second-order valence-electron chi connectivity index (χ2n) is 8.03. The lowest BCUT2D eigenvalue weighted by Crippen LogP contribution is -2.22. The van der Waals surface area contributed by atoms with Gasteiger partial charge in [-0.2, -0.15) is 0 Å². The number of halogens is 1. The summed E-state index contributed by atoms with van der Waals surface area (Å²) in [4.78, 5) is 10.7. The molecule has 4 nitrogen and oxygen atoms in total. The number of phenolic OH excluding ortho intramolecular Hbond substituents is 1. The zero-order valence-corrected chi connectivity index (χ0v) is 15.7. The summed E-state index contributed by atoms with van der Waals surface area (Å²) < 4.78 is 5.79. The fourth-order valence-electron chi connectivity index (χ4n) is 5.47. The molecule has 1 aromatic carbocycles. The van der Waals surface area contributed by atoms with E-state index in [-0.39, 0.29) is 10.8 Å². The smallest absolute Gasteiger partial charge is 0.328 e. The molecule has 0 aliphatic heterocycles. The van der Waals surface area contributed by atoms with Gasteiger partial charge in [0, 0.05) is 17.2 Å². The van der Waals surface area contributed by atoms with E-state index in [4.69, 9.17) is 21.4 Å². The Bertz CT molecular complexity index is 841. The van der Waals surface area contributed by atoms with E-state index in [0.717, 1.165) is 17.8 Å². The molecular weight excluding hydrogens is 352 g/mol. The van der Waals surface area contributed by atoms with E-state index in [2.05, 4.69) is 6.92 Å². The summed E-state index contributed by atoms with van der Waals surface area (Å²) in [7, 11) is 1.65. The first-order chi connectivity index (χ1) is 12.4. The molecule has 2 N–H and O–H groups in total. The van der Waals surface area contributed by atoms with Crippen molar-refractivity contribution >= 4 is 29.4 Å². The largest absolute Gasteiger partial charge is 0.506 e. The van der Waals surface area contributed by atoms with Crippen LogP contribution in [0, 0.1) is 23.2 Å². The van der Waals surface area contributed by atoms with Crippen LogP contribution < -0.4 is 0 Å². The number of aromatic hydroxyl groups is 1. The molecule has 4 rings (SSSR count). The van der Waals surface area contributed by atoms with Gasteiger partial charge in [0.2, 0.25) is 0 Å². The minimum atomic E-state index is -1.07. The second kappa shape index (κ2) is 6.05. The van der Waals surface area contributed by atoms with Crippen molar-refractivity contribution in [2.45, 2.75) is 32.6 Å². The number of ether oxygens (including phenoxy) is 1. The Hall–Kier alpha value is -1.94. The van der Waals surface area contributed by atoms with Gasteiger partial charge in [-0.3, -0.25) is 0 Å². The number of carboxylic acid groups (broad SMARTS) is 1. The van der Waals surface area contributed by atoms with E-state index in [0.29, 0.717) is 28.4 Å². The third-order valence-electron chi connectivity index (χ3n) is 6.53. The number of methoxy groups -OCH3 is 1. The standard InChI is InChI=1S/C21H23ClO4/c1-11-8-21-9-13(7-14(21)10-21)17(11)20(26-2)15-5-3-12(4-6-16(23)24)19(25)18(15)22/h3-6,11,13-14,25H,7-10H2,1-2H3,(H,23,24)/b6-4+,20-17-. The third kappa shape index (κ3) is 2.62. The minimum absolute atomic E-state index is 0.119. The van der Waals surface area contributed by atoms with Crippen molar-refractivity contribution in [1.29, 1.82) is 0 Å². The Labute approximate surface area is 158 Å². The molecule has 0 saturated heterocycles. The fourth-order valence-corrected chi connectivity index (χ4v) is 5.73. The van der Waals surface area contributed by atoms with E-state index in [1.165, 1.54) is 37.3 Å². The van der Waals surface area contributed by atoms with Crippen LogP contribution in [0.2, 0.25) is 5.02 Å². The van der Waals surface area contributed by atoms with Crippen LogP contribution in [0.5, 0.6) is 5.75 Å². The predicted octanol–water partition coefficient (Wildman–Crippen LogP) is 4.96. The monoisotopic (exact) mass is 374 g/mol. The van der Waals surface area contributed by atoms with Gasteiger partial charge in [0.25, 0.3) is 0 Å². The van der Waals surface area contributed by atoms with Crippen LogP contribution in [0.3, 0.4) is 0 Å². The van der Waals surface area contributed by atoms with Gasteiger partial charge in [-0.15, -0.1) is 0 Å². The molecule has 3 aliphatic rings. The molecule has 2 bridgehead atoms. The summed E-state index contributed by atoms with van der Waals surface area (Å²) in [6, 6.07) is 3.48. The van der Waals surface area contributed by atoms with Gasteiger partial charge in [0.05, 0.1) is 12.1 Å². The van der Waals surface area contributed by atoms with Crippen molar-refractivity contribution in [2.24, 2.45) is 23.2 Å². The van der Waals surface area contributed by atoms with Crippen molar-refractivity contribution in [3.63, 3.8) is 0 Å². The first-order valence-electron chi connectivity index (χ1n) is 9.07. The lowest BCUT2D eigenvalue weighted by atomic mass is 9.72. The zero-order chi connectivity index (χ0) is 18.6. The Morgan fingerprint density at radius 1 is 1.35 bits per heavy atom. The van der Waals surface area contributed by atoms with Crippen molar-refractivity contribution in [2.75, 3.05) is 7.11 Å². The van der Waals surface area contributed by atoms with Gasteiger partial charge < -0.3 is 14.9 Å². The summed E-state index contributed by atoms with van der Waals surface area (Å²) in [5.74, 6) is 1.43. The molecule has 0 aromatic heterocycles. The number of fused-ring (bicyclic) bond motifs is 1. The van der Waals surface area contributed by atoms with Crippen LogP contribution in [-0.4, -0.2) is 23.3 Å². The van der Waals surface area contributed by atoms with E-state index >= 15 is 0 Å². The summed E-state index contributed by atoms with van der Waals surface area (Å²) in [6.45, 7) is 2.26. The van der Waals surface area contributed by atoms with E-state index in [9.17, 15) is 9.90 Å². The highest BCUT2D eigenvalue weighted by atomic mass is 35.5. The summed E-state index contributed by atoms with van der Waals surface area (Å²) in [5, 5.41) is 19.4. The molecule has 0 heterocycles. The Balaban J connectivity index is 1.75. The normalized spacial score (nSPS) is 33.9. The summed E-state index contributed by atoms with van der Waals surface area (Å²) in [5.41, 5.74) is 2.96. The van der Waals surface area contributed by atoms with Gasteiger partial charge in [-0.25, -0.2) is 4.79 Å². The minimum Gasteiger partial charge on any atom is -0.506 e. The van der Waals surface area contributed by atoms with E-state index in [1.807, 2.05) is 6.07 Å². The molecule has 1 spiro atoms.